The van der Waals surface area contributed by atoms with Gasteiger partial charge in [-0.05, 0) is 12.5 Å². The molecule has 1 amide bonds. The lowest BCUT2D eigenvalue weighted by Crippen LogP contribution is -2.28. The number of amides is 1. The van der Waals surface area contributed by atoms with Gasteiger partial charge >= 0.3 is 0 Å². The monoisotopic (exact) mass is 348 g/mol. The highest BCUT2D eigenvalue weighted by Crippen LogP contribution is 2.21. The van der Waals surface area contributed by atoms with Crippen LogP contribution in [0.25, 0.3) is 0 Å². The lowest BCUT2D eigenvalue weighted by atomic mass is 10.1. The molecule has 19 heavy (non-hydrogen) atoms. The van der Waals surface area contributed by atoms with Gasteiger partial charge in [0, 0.05) is 41.1 Å². The molecule has 0 aliphatic heterocycles. The predicted molar refractivity (Wildman–Crippen MR) is 78.1 cm³/mol. The van der Waals surface area contributed by atoms with Crippen LogP contribution in [0.3, 0.4) is 0 Å². The molecule has 1 aromatic rings. The highest BCUT2D eigenvalue weighted by Gasteiger charge is 2.17. The van der Waals surface area contributed by atoms with Crippen LogP contribution >= 0.6 is 27.5 Å². The van der Waals surface area contributed by atoms with E-state index in [0.717, 1.165) is 6.42 Å². The molecule has 1 aromatic carbocycles. The zero-order chi connectivity index (χ0) is 14.6. The lowest BCUT2D eigenvalue weighted by molar-refractivity contribution is -0.384. The van der Waals surface area contributed by atoms with Crippen molar-refractivity contribution in [2.45, 2.75) is 18.2 Å². The number of nitro groups is 1. The van der Waals surface area contributed by atoms with Gasteiger partial charge in [-0.25, -0.2) is 0 Å². The van der Waals surface area contributed by atoms with E-state index in [1.807, 2.05) is 6.92 Å². The number of benzene rings is 1. The predicted octanol–water partition coefficient (Wildman–Crippen LogP) is 3.49. The number of hydrogen-bond acceptors (Lipinski definition) is 3. The van der Waals surface area contributed by atoms with Crippen molar-refractivity contribution in [2.24, 2.45) is 0 Å². The van der Waals surface area contributed by atoms with Gasteiger partial charge in [-0.3, -0.25) is 14.9 Å². The average molecular weight is 350 g/mol. The molecule has 1 rings (SSSR count). The van der Waals surface area contributed by atoms with Gasteiger partial charge in [-0.2, -0.15) is 0 Å². The van der Waals surface area contributed by atoms with E-state index >= 15 is 0 Å². The van der Waals surface area contributed by atoms with Gasteiger partial charge in [0.15, 0.2) is 0 Å². The molecule has 7 heteroatoms. The van der Waals surface area contributed by atoms with E-state index in [2.05, 4.69) is 15.9 Å². The van der Waals surface area contributed by atoms with E-state index in [0.29, 0.717) is 11.4 Å². The first-order chi connectivity index (χ1) is 8.81. The number of carbonyl (C=O) groups is 1. The van der Waals surface area contributed by atoms with Gasteiger partial charge in [0.1, 0.15) is 0 Å². The molecule has 0 bridgehead atoms. The van der Waals surface area contributed by atoms with Gasteiger partial charge < -0.3 is 4.90 Å². The topological polar surface area (TPSA) is 63.5 Å². The van der Waals surface area contributed by atoms with E-state index in [4.69, 9.17) is 11.6 Å². The highest BCUT2D eigenvalue weighted by molar-refractivity contribution is 9.09. The van der Waals surface area contributed by atoms with Gasteiger partial charge in [-0.15, -0.1) is 0 Å². The minimum absolute atomic E-state index is 0.180. The maximum Gasteiger partial charge on any atom is 0.271 e. The summed E-state index contributed by atoms with van der Waals surface area (Å²) in [5.41, 5.74) is 0.0436. The molecule has 0 saturated heterocycles. The van der Waals surface area contributed by atoms with Crippen LogP contribution in [0.1, 0.15) is 23.7 Å². The maximum absolute atomic E-state index is 12.1. The van der Waals surface area contributed by atoms with E-state index < -0.39 is 4.92 Å². The Kier molecular flexibility index (Phi) is 5.75. The first-order valence-corrected chi connectivity index (χ1v) is 6.95. The largest absolute Gasteiger partial charge is 0.342 e. The highest BCUT2D eigenvalue weighted by atomic mass is 79.9. The van der Waals surface area contributed by atoms with Gasteiger partial charge in [-0.1, -0.05) is 34.5 Å². The second kappa shape index (κ2) is 6.86. The van der Waals surface area contributed by atoms with Crippen LogP contribution in [-0.2, 0) is 0 Å². The van der Waals surface area contributed by atoms with Crippen molar-refractivity contribution in [2.75, 3.05) is 13.6 Å². The van der Waals surface area contributed by atoms with Gasteiger partial charge in [0.25, 0.3) is 11.6 Å². The average Bonchev–Trinajstić information content (AvgIpc) is 2.34. The first kappa shape index (κ1) is 15.9. The maximum atomic E-state index is 12.1. The second-order valence-corrected chi connectivity index (χ2v) is 6.25. The SMILES string of the molecule is CC(Br)CCN(C)C(=O)c1cc(Cl)cc([N+](=O)[O-])c1. The minimum atomic E-state index is -0.566. The number of alkyl halides is 1. The summed E-state index contributed by atoms with van der Waals surface area (Å²) in [5.74, 6) is -0.279. The third kappa shape index (κ3) is 4.80. The lowest BCUT2D eigenvalue weighted by Gasteiger charge is -2.18. The third-order valence-corrected chi connectivity index (χ3v) is 3.23. The standard InChI is InChI=1S/C12H14BrClN2O3/c1-8(13)3-4-15(2)12(17)9-5-10(14)7-11(6-9)16(18)19/h5-8H,3-4H2,1-2H3. The van der Waals surface area contributed by atoms with Crippen molar-refractivity contribution in [3.05, 3.63) is 38.9 Å². The van der Waals surface area contributed by atoms with E-state index in [1.165, 1.54) is 23.1 Å². The van der Waals surface area contributed by atoms with Crippen molar-refractivity contribution in [3.8, 4) is 0 Å². The summed E-state index contributed by atoms with van der Waals surface area (Å²) >= 11 is 9.19. The molecular weight excluding hydrogens is 336 g/mol. The van der Waals surface area contributed by atoms with Crippen molar-refractivity contribution in [1.29, 1.82) is 0 Å². The number of carbonyl (C=O) groups excluding carboxylic acids is 1. The second-order valence-electron chi connectivity index (χ2n) is 4.25. The molecule has 0 aromatic heterocycles. The molecule has 0 fully saturated rings. The van der Waals surface area contributed by atoms with Crippen LogP contribution in [0.4, 0.5) is 5.69 Å². The normalized spacial score (nSPS) is 12.0. The van der Waals surface area contributed by atoms with E-state index in [9.17, 15) is 14.9 Å². The summed E-state index contributed by atoms with van der Waals surface area (Å²) in [6.07, 6.45) is 0.797. The Labute approximate surface area is 124 Å². The van der Waals surface area contributed by atoms with E-state index in [1.54, 1.807) is 7.05 Å². The summed E-state index contributed by atoms with van der Waals surface area (Å²) < 4.78 is 0. The van der Waals surface area contributed by atoms with Crippen molar-refractivity contribution >= 4 is 39.1 Å². The summed E-state index contributed by atoms with van der Waals surface area (Å²) in [5, 5.41) is 10.9. The molecule has 0 aliphatic carbocycles. The summed E-state index contributed by atoms with van der Waals surface area (Å²) in [6.45, 7) is 2.55. The molecular formula is C12H14BrClN2O3. The van der Waals surface area contributed by atoms with Gasteiger partial charge in [0.2, 0.25) is 0 Å². The van der Waals surface area contributed by atoms with Crippen LogP contribution in [0.15, 0.2) is 18.2 Å². The minimum Gasteiger partial charge on any atom is -0.342 e. The molecule has 0 aliphatic rings. The fourth-order valence-corrected chi connectivity index (χ4v) is 1.93. The number of rotatable bonds is 5. The molecule has 104 valence electrons. The number of halogens is 2. The number of hydrogen-bond donors (Lipinski definition) is 0. The van der Waals surface area contributed by atoms with Crippen LogP contribution in [0.5, 0.6) is 0 Å². The first-order valence-electron chi connectivity index (χ1n) is 5.65. The number of non-ortho nitro benzene ring substituents is 1. The summed E-state index contributed by atoms with van der Waals surface area (Å²) in [7, 11) is 1.66. The Morgan fingerprint density at radius 1 is 1.53 bits per heavy atom. The van der Waals surface area contributed by atoms with Gasteiger partial charge in [0.05, 0.1) is 4.92 Å². The zero-order valence-electron chi connectivity index (χ0n) is 10.6. The number of nitro benzene ring substituents is 1. The van der Waals surface area contributed by atoms with Crippen molar-refractivity contribution in [1.82, 2.24) is 4.90 Å². The molecule has 0 heterocycles. The molecule has 5 nitrogen and oxygen atoms in total. The molecule has 0 radical (unpaired) electrons. The Morgan fingerprint density at radius 2 is 2.16 bits per heavy atom. The Hall–Kier alpha value is -1.14. The molecule has 1 unspecified atom stereocenters. The van der Waals surface area contributed by atoms with Crippen LogP contribution in [-0.4, -0.2) is 34.2 Å². The summed E-state index contributed by atoms with van der Waals surface area (Å²) in [6, 6.07) is 3.89. The Bertz CT molecular complexity index is 494. The smallest absolute Gasteiger partial charge is 0.271 e. The fraction of sp³-hybridized carbons (Fsp3) is 0.417. The molecule has 0 N–H and O–H groups in total. The van der Waals surface area contributed by atoms with Crippen molar-refractivity contribution < 1.29 is 9.72 Å². The van der Waals surface area contributed by atoms with Crippen molar-refractivity contribution in [3.63, 3.8) is 0 Å². The third-order valence-electron chi connectivity index (χ3n) is 2.55. The van der Waals surface area contributed by atoms with E-state index in [-0.39, 0.29) is 22.2 Å². The van der Waals surface area contributed by atoms with Crippen LogP contribution < -0.4 is 0 Å². The molecule has 0 spiro atoms. The zero-order valence-corrected chi connectivity index (χ0v) is 12.9. The Morgan fingerprint density at radius 3 is 2.68 bits per heavy atom. The number of nitrogens with zero attached hydrogens (tertiary/aromatic N) is 2. The van der Waals surface area contributed by atoms with Crippen LogP contribution in [0.2, 0.25) is 5.02 Å². The summed E-state index contributed by atoms with van der Waals surface area (Å²) in [4.78, 5) is 24.1. The van der Waals surface area contributed by atoms with Crippen LogP contribution in [0, 0.1) is 10.1 Å². The Balaban J connectivity index is 2.90. The molecule has 1 atom stereocenters. The quantitative estimate of drug-likeness (QED) is 0.464. The molecule has 0 saturated carbocycles. The fourth-order valence-electron chi connectivity index (χ4n) is 1.50.